The molecule has 4 unspecified atom stereocenters. The van der Waals surface area contributed by atoms with Crippen molar-refractivity contribution in [1.82, 2.24) is 10.9 Å². The fraction of sp³-hybridized carbons (Fsp3) is 0.208. The van der Waals surface area contributed by atoms with Gasteiger partial charge in [0.25, 0.3) is 5.69 Å². The summed E-state index contributed by atoms with van der Waals surface area (Å²) >= 11 is 3.47. The lowest BCUT2D eigenvalue weighted by atomic mass is 9.83. The first-order chi connectivity index (χ1) is 15.4. The van der Waals surface area contributed by atoms with E-state index in [4.69, 9.17) is 0 Å². The van der Waals surface area contributed by atoms with Gasteiger partial charge in [0.15, 0.2) is 0 Å². The topological polar surface area (TPSA) is 87.5 Å². The highest BCUT2D eigenvalue weighted by molar-refractivity contribution is 9.10. The van der Waals surface area contributed by atoms with Crippen LogP contribution in [0.2, 0.25) is 0 Å². The van der Waals surface area contributed by atoms with Crippen LogP contribution < -0.4 is 15.8 Å². The van der Waals surface area contributed by atoms with Crippen LogP contribution >= 0.6 is 15.9 Å². The van der Waals surface area contributed by atoms with E-state index in [1.54, 1.807) is 17.0 Å². The van der Waals surface area contributed by atoms with Crippen LogP contribution in [0.3, 0.4) is 0 Å². The predicted molar refractivity (Wildman–Crippen MR) is 125 cm³/mol. The van der Waals surface area contributed by atoms with Gasteiger partial charge in [-0.1, -0.05) is 57.9 Å². The number of carbonyl (C=O) groups is 1. The molecule has 162 valence electrons. The van der Waals surface area contributed by atoms with Gasteiger partial charge in [-0.2, -0.15) is 0 Å². The monoisotopic (exact) mass is 492 g/mol. The zero-order valence-corrected chi connectivity index (χ0v) is 18.8. The summed E-state index contributed by atoms with van der Waals surface area (Å²) in [5.41, 5.74) is 10.2. The Morgan fingerprint density at radius 2 is 1.62 bits per heavy atom. The van der Waals surface area contributed by atoms with Gasteiger partial charge in [-0.15, -0.1) is 0 Å². The van der Waals surface area contributed by atoms with Crippen molar-refractivity contribution in [2.45, 2.75) is 25.0 Å². The van der Waals surface area contributed by atoms with E-state index in [9.17, 15) is 14.9 Å². The molecule has 0 spiro atoms. The summed E-state index contributed by atoms with van der Waals surface area (Å²) in [6.45, 7) is 2.00. The second-order valence-corrected chi connectivity index (χ2v) is 9.13. The number of rotatable bonds is 4. The third-order valence-electron chi connectivity index (χ3n) is 6.27. The number of nitrogens with one attached hydrogen (secondary N) is 2. The third-order valence-corrected chi connectivity index (χ3v) is 6.80. The second kappa shape index (κ2) is 8.12. The molecule has 4 atom stereocenters. The van der Waals surface area contributed by atoms with Crippen LogP contribution in [0.4, 0.5) is 11.4 Å². The molecule has 0 aliphatic carbocycles. The number of nitrogens with zero attached hydrogens (tertiary/aromatic N) is 2. The van der Waals surface area contributed by atoms with Crippen molar-refractivity contribution in [1.29, 1.82) is 0 Å². The summed E-state index contributed by atoms with van der Waals surface area (Å²) < 4.78 is 0.975. The van der Waals surface area contributed by atoms with Crippen molar-refractivity contribution in [3.8, 4) is 0 Å². The second-order valence-electron chi connectivity index (χ2n) is 8.21. The molecule has 7 nitrogen and oxygen atoms in total. The van der Waals surface area contributed by atoms with Crippen LogP contribution in [0.5, 0.6) is 0 Å². The van der Waals surface area contributed by atoms with E-state index < -0.39 is 11.0 Å². The number of amides is 1. The number of nitro groups is 1. The highest BCUT2D eigenvalue weighted by atomic mass is 79.9. The van der Waals surface area contributed by atoms with Crippen molar-refractivity contribution in [2.75, 3.05) is 4.90 Å². The number of hydrogen-bond donors (Lipinski definition) is 2. The molecule has 0 aromatic heterocycles. The fourth-order valence-electron chi connectivity index (χ4n) is 4.78. The van der Waals surface area contributed by atoms with E-state index in [2.05, 4.69) is 26.8 Å². The zero-order chi connectivity index (χ0) is 22.4. The Labute approximate surface area is 193 Å². The Hall–Kier alpha value is -3.07. The summed E-state index contributed by atoms with van der Waals surface area (Å²) in [5.74, 6) is -0.213. The largest absolute Gasteiger partial charge is 0.303 e. The van der Waals surface area contributed by atoms with Crippen LogP contribution in [0.25, 0.3) is 0 Å². The van der Waals surface area contributed by atoms with Crippen LogP contribution in [-0.4, -0.2) is 16.9 Å². The average molecular weight is 493 g/mol. The van der Waals surface area contributed by atoms with E-state index in [1.165, 1.54) is 6.07 Å². The molecule has 32 heavy (non-hydrogen) atoms. The van der Waals surface area contributed by atoms with Gasteiger partial charge in [0.05, 0.1) is 17.0 Å². The highest BCUT2D eigenvalue weighted by Gasteiger charge is 2.56. The first kappa shape index (κ1) is 20.8. The van der Waals surface area contributed by atoms with Crippen molar-refractivity contribution >= 4 is 33.2 Å². The Morgan fingerprint density at radius 1 is 0.938 bits per heavy atom. The Balaban J connectivity index is 1.64. The number of fused-ring (bicyclic) bond motifs is 1. The molecule has 3 aromatic carbocycles. The summed E-state index contributed by atoms with van der Waals surface area (Å²) in [6.07, 6.45) is 0. The van der Waals surface area contributed by atoms with Gasteiger partial charge in [0, 0.05) is 28.2 Å². The van der Waals surface area contributed by atoms with Gasteiger partial charge in [-0.3, -0.25) is 14.9 Å². The Morgan fingerprint density at radius 3 is 2.31 bits per heavy atom. The molecule has 0 saturated carbocycles. The van der Waals surface area contributed by atoms with Crippen molar-refractivity contribution in [3.63, 3.8) is 0 Å². The number of hydrazine groups is 1. The molecular weight excluding hydrogens is 472 g/mol. The number of hydrogen-bond acceptors (Lipinski definition) is 5. The minimum atomic E-state index is -0.450. The third kappa shape index (κ3) is 3.50. The molecule has 2 N–H and O–H groups in total. The first-order valence-electron chi connectivity index (χ1n) is 10.3. The summed E-state index contributed by atoms with van der Waals surface area (Å²) in [5, 5.41) is 11.5. The van der Waals surface area contributed by atoms with Crippen LogP contribution in [0.15, 0.2) is 77.3 Å². The maximum absolute atomic E-state index is 13.6. The molecule has 1 amide bonds. The van der Waals surface area contributed by atoms with Crippen molar-refractivity contribution in [2.24, 2.45) is 5.92 Å². The Bertz CT molecular complexity index is 1180. The Kier molecular flexibility index (Phi) is 5.28. The number of non-ortho nitro benzene ring substituents is 1. The van der Waals surface area contributed by atoms with Crippen LogP contribution in [0.1, 0.15) is 28.8 Å². The highest BCUT2D eigenvalue weighted by Crippen LogP contribution is 2.49. The minimum Gasteiger partial charge on any atom is -0.303 e. The molecule has 8 heteroatoms. The summed E-state index contributed by atoms with van der Waals surface area (Å²) in [7, 11) is 0. The molecular formula is C24H21BrN4O3. The van der Waals surface area contributed by atoms with Crippen LogP contribution in [0, 0.1) is 23.0 Å². The lowest BCUT2D eigenvalue weighted by Crippen LogP contribution is -2.41. The first-order valence-corrected chi connectivity index (χ1v) is 11.1. The van der Waals surface area contributed by atoms with E-state index in [0.29, 0.717) is 0 Å². The van der Waals surface area contributed by atoms with E-state index >= 15 is 0 Å². The standard InChI is InChI=1S/C24H21BrN4O3/c1-14-5-11-18(12-6-14)28-23(16-3-2-4-19(13-16)29(31)32)20-21(26-27-22(20)24(28)30)15-7-9-17(25)10-8-15/h2-13,20-23,26-27H,1H3. The number of nitro benzene ring substituents is 1. The van der Waals surface area contributed by atoms with Gasteiger partial charge in [0.1, 0.15) is 6.04 Å². The normalized spacial score (nSPS) is 24.6. The zero-order valence-electron chi connectivity index (χ0n) is 17.2. The van der Waals surface area contributed by atoms with E-state index in [0.717, 1.165) is 26.9 Å². The lowest BCUT2D eigenvalue weighted by molar-refractivity contribution is -0.384. The summed E-state index contributed by atoms with van der Waals surface area (Å²) in [6, 6.07) is 21.4. The van der Waals surface area contributed by atoms with E-state index in [1.807, 2.05) is 61.5 Å². The number of aryl methyl sites for hydroxylation is 1. The predicted octanol–water partition coefficient (Wildman–Crippen LogP) is 4.59. The molecule has 2 aliphatic heterocycles. The quantitative estimate of drug-likeness (QED) is 0.410. The molecule has 5 rings (SSSR count). The van der Waals surface area contributed by atoms with Gasteiger partial charge < -0.3 is 4.90 Å². The molecule has 2 saturated heterocycles. The number of benzene rings is 3. The summed E-state index contributed by atoms with van der Waals surface area (Å²) in [4.78, 5) is 26.4. The SMILES string of the molecule is Cc1ccc(N2C(=O)C3NNC(c4ccc(Br)cc4)C3C2c2cccc([N+](=O)[O-])c2)cc1. The van der Waals surface area contributed by atoms with Gasteiger partial charge in [-0.25, -0.2) is 10.9 Å². The molecule has 2 fully saturated rings. The maximum Gasteiger partial charge on any atom is 0.269 e. The van der Waals surface area contributed by atoms with Gasteiger partial charge >= 0.3 is 0 Å². The van der Waals surface area contributed by atoms with Gasteiger partial charge in [-0.05, 0) is 42.3 Å². The average Bonchev–Trinajstić information content (AvgIpc) is 3.34. The molecule has 0 radical (unpaired) electrons. The fourth-order valence-corrected chi connectivity index (χ4v) is 5.04. The molecule has 0 bridgehead atoms. The smallest absolute Gasteiger partial charge is 0.269 e. The van der Waals surface area contributed by atoms with Crippen molar-refractivity contribution < 1.29 is 9.72 Å². The lowest BCUT2D eigenvalue weighted by Gasteiger charge is -2.31. The maximum atomic E-state index is 13.6. The number of anilines is 1. The molecule has 2 heterocycles. The minimum absolute atomic E-state index is 0.0152. The van der Waals surface area contributed by atoms with Crippen LogP contribution in [-0.2, 0) is 4.79 Å². The van der Waals surface area contributed by atoms with Crippen molar-refractivity contribution in [3.05, 3.63) is 104 Å². The van der Waals surface area contributed by atoms with E-state index in [-0.39, 0.29) is 29.6 Å². The number of carbonyl (C=O) groups excluding carboxylic acids is 1. The number of halogens is 1. The molecule has 3 aromatic rings. The van der Waals surface area contributed by atoms with Gasteiger partial charge in [0.2, 0.25) is 5.91 Å². The molecule has 2 aliphatic rings.